The highest BCUT2D eigenvalue weighted by molar-refractivity contribution is 6.00. The zero-order valence-corrected chi connectivity index (χ0v) is 19.4. The second-order valence-corrected chi connectivity index (χ2v) is 6.18. The van der Waals surface area contributed by atoms with Crippen molar-refractivity contribution in [3.8, 4) is 0 Å². The molecule has 0 unspecified atom stereocenters. The SMILES string of the molecule is C.C.C=C(C)C(=O)OC.C=C(C)C(=O)OC(=O)C(=C)C.C=C(C)C(C)=O.C=C(C)C(C)=O. The van der Waals surface area contributed by atoms with Crippen LogP contribution in [-0.4, -0.2) is 36.6 Å². The van der Waals surface area contributed by atoms with Crippen LogP contribution in [0, 0.1) is 0 Å². The Labute approximate surface area is 194 Å². The Kier molecular flexibility index (Phi) is 31.9. The van der Waals surface area contributed by atoms with Crippen LogP contribution in [0.3, 0.4) is 0 Å². The van der Waals surface area contributed by atoms with Gasteiger partial charge in [0, 0.05) is 16.7 Å². The number of Topliss-reactive ketones (excluding diaryl/α,β-unsaturated/α-hetero) is 2. The Bertz CT molecular complexity index is 651. The molecule has 0 aromatic heterocycles. The van der Waals surface area contributed by atoms with Crippen LogP contribution in [0.5, 0.6) is 0 Å². The molecule has 0 rings (SSSR count). The lowest BCUT2D eigenvalue weighted by Gasteiger charge is -1.99. The van der Waals surface area contributed by atoms with Crippen LogP contribution in [0.2, 0.25) is 0 Å². The fourth-order valence-corrected chi connectivity index (χ4v) is 0.433. The van der Waals surface area contributed by atoms with Crippen LogP contribution < -0.4 is 0 Å². The van der Waals surface area contributed by atoms with Gasteiger partial charge in [0.15, 0.2) is 11.6 Å². The molecule has 0 aliphatic rings. The molecule has 0 amide bonds. The molecule has 7 heteroatoms. The van der Waals surface area contributed by atoms with E-state index in [0.29, 0.717) is 16.7 Å². The van der Waals surface area contributed by atoms with Gasteiger partial charge < -0.3 is 9.47 Å². The number of ether oxygens (including phenoxy) is 2. The number of hydrogen-bond donors (Lipinski definition) is 0. The molecule has 0 aromatic carbocycles. The molecule has 7 nitrogen and oxygen atoms in total. The summed E-state index contributed by atoms with van der Waals surface area (Å²) in [6.07, 6.45) is 0. The van der Waals surface area contributed by atoms with E-state index in [1.807, 2.05) is 0 Å². The standard InChI is InChI=1S/C8H10O3.C5H8O2.2C5H8O.2CH4/c1-5(2)7(9)11-8(10)6(3)4;1-4(2)5(6)7-3;2*1-4(2)5(3)6;;/h1,3H2,2,4H3;1H2,2-3H3;2*1H2,2-3H3;2*1H4. The lowest BCUT2D eigenvalue weighted by Crippen LogP contribution is -2.12. The highest BCUT2D eigenvalue weighted by Gasteiger charge is 2.10. The Morgan fingerprint density at radius 3 is 0.719 bits per heavy atom. The minimum Gasteiger partial charge on any atom is -0.466 e. The first-order valence-electron chi connectivity index (χ1n) is 8.56. The molecule has 0 saturated heterocycles. The van der Waals surface area contributed by atoms with E-state index in [1.54, 1.807) is 20.8 Å². The van der Waals surface area contributed by atoms with Gasteiger partial charge in [0.25, 0.3) is 0 Å². The average molecular weight is 455 g/mol. The first-order valence-corrected chi connectivity index (χ1v) is 8.56. The van der Waals surface area contributed by atoms with Gasteiger partial charge in [0.05, 0.1) is 7.11 Å². The van der Waals surface area contributed by atoms with Crippen LogP contribution in [0.25, 0.3) is 0 Å². The van der Waals surface area contributed by atoms with Crippen LogP contribution in [0.15, 0.2) is 60.8 Å². The van der Waals surface area contributed by atoms with E-state index in [1.165, 1.54) is 34.8 Å². The highest BCUT2D eigenvalue weighted by atomic mass is 16.6. The molecule has 0 bridgehead atoms. The minimum absolute atomic E-state index is 0. The second-order valence-electron chi connectivity index (χ2n) is 6.18. The van der Waals surface area contributed by atoms with Gasteiger partial charge in [0.2, 0.25) is 0 Å². The maximum absolute atomic E-state index is 10.7. The van der Waals surface area contributed by atoms with E-state index in [0.717, 1.165) is 0 Å². The first kappa shape index (κ1) is 42.7. The van der Waals surface area contributed by atoms with E-state index < -0.39 is 11.9 Å². The Morgan fingerprint density at radius 1 is 0.469 bits per heavy atom. The average Bonchev–Trinajstić information content (AvgIpc) is 2.61. The van der Waals surface area contributed by atoms with Gasteiger partial charge in [-0.05, 0) is 59.6 Å². The molecule has 0 aliphatic heterocycles. The van der Waals surface area contributed by atoms with Crippen molar-refractivity contribution in [1.82, 2.24) is 0 Å². The molecule has 0 radical (unpaired) electrons. The van der Waals surface area contributed by atoms with E-state index >= 15 is 0 Å². The van der Waals surface area contributed by atoms with Crippen LogP contribution in [0.1, 0.15) is 63.3 Å². The topological polar surface area (TPSA) is 104 Å². The lowest BCUT2D eigenvalue weighted by atomic mass is 10.3. The van der Waals surface area contributed by atoms with Gasteiger partial charge in [-0.25, -0.2) is 14.4 Å². The fourth-order valence-electron chi connectivity index (χ4n) is 0.433. The number of ketones is 2. The molecule has 0 atom stereocenters. The second kappa shape index (κ2) is 23.9. The van der Waals surface area contributed by atoms with Crippen molar-refractivity contribution in [2.75, 3.05) is 7.11 Å². The Morgan fingerprint density at radius 2 is 0.656 bits per heavy atom. The van der Waals surface area contributed by atoms with Gasteiger partial charge in [0.1, 0.15) is 0 Å². The largest absolute Gasteiger partial charge is 0.466 e. The number of carbonyl (C=O) groups excluding carboxylic acids is 5. The van der Waals surface area contributed by atoms with E-state index in [-0.39, 0.29) is 43.5 Å². The summed E-state index contributed by atoms with van der Waals surface area (Å²) < 4.78 is 8.57. The predicted octanol–water partition coefficient (Wildman–Crippen LogP) is 5.52. The van der Waals surface area contributed by atoms with E-state index in [4.69, 9.17) is 0 Å². The van der Waals surface area contributed by atoms with Gasteiger partial charge in [-0.3, -0.25) is 9.59 Å². The number of hydrogen-bond acceptors (Lipinski definition) is 7. The molecule has 0 heterocycles. The molecule has 0 aliphatic carbocycles. The summed E-state index contributed by atoms with van der Waals surface area (Å²) in [6.45, 7) is 27.7. The maximum Gasteiger partial charge on any atom is 0.340 e. The Balaban J connectivity index is -0.0000000716. The molecule has 184 valence electrons. The molecule has 0 aromatic rings. The fraction of sp³-hybridized carbons (Fsp3) is 0.400. The van der Waals surface area contributed by atoms with Crippen molar-refractivity contribution in [2.45, 2.75) is 63.3 Å². The lowest BCUT2D eigenvalue weighted by molar-refractivity contribution is -0.154. The molecule has 0 saturated carbocycles. The first-order chi connectivity index (χ1) is 13.4. The zero-order chi connectivity index (χ0) is 25.2. The Hall–Kier alpha value is -3.35. The van der Waals surface area contributed by atoms with Gasteiger partial charge in [-0.15, -0.1) is 0 Å². The number of carbonyl (C=O) groups is 5. The number of esters is 3. The summed E-state index contributed by atoms with van der Waals surface area (Å²) in [4.78, 5) is 51.6. The maximum atomic E-state index is 10.7. The predicted molar refractivity (Wildman–Crippen MR) is 132 cm³/mol. The summed E-state index contributed by atoms with van der Waals surface area (Å²) in [5.74, 6) is -1.64. The van der Waals surface area contributed by atoms with Crippen molar-refractivity contribution < 1.29 is 33.4 Å². The zero-order valence-electron chi connectivity index (χ0n) is 19.4. The van der Waals surface area contributed by atoms with Crippen molar-refractivity contribution in [2.24, 2.45) is 0 Å². The van der Waals surface area contributed by atoms with E-state index in [9.17, 15) is 24.0 Å². The molecular weight excluding hydrogens is 412 g/mol. The number of rotatable bonds is 5. The van der Waals surface area contributed by atoms with E-state index in [2.05, 4.69) is 42.4 Å². The van der Waals surface area contributed by atoms with Gasteiger partial charge in [-0.1, -0.05) is 47.7 Å². The molecule has 0 fully saturated rings. The summed E-state index contributed by atoms with van der Waals surface area (Å²) in [6, 6.07) is 0. The van der Waals surface area contributed by atoms with Crippen LogP contribution in [0.4, 0.5) is 0 Å². The van der Waals surface area contributed by atoms with Crippen molar-refractivity contribution >= 4 is 29.5 Å². The summed E-state index contributed by atoms with van der Waals surface area (Å²) in [5, 5.41) is 0. The van der Waals surface area contributed by atoms with Crippen LogP contribution >= 0.6 is 0 Å². The monoisotopic (exact) mass is 454 g/mol. The summed E-state index contributed by atoms with van der Waals surface area (Å²) in [5.41, 5.74) is 2.06. The van der Waals surface area contributed by atoms with Crippen LogP contribution in [-0.2, 0) is 33.4 Å². The molecule has 0 N–H and O–H groups in total. The summed E-state index contributed by atoms with van der Waals surface area (Å²) >= 11 is 0. The quantitative estimate of drug-likeness (QED) is 0.306. The molecule has 0 spiro atoms. The molecular formula is C25H42O7. The third-order valence-electron chi connectivity index (χ3n) is 2.62. The normalized spacial score (nSPS) is 7.50. The third kappa shape index (κ3) is 34.2. The van der Waals surface area contributed by atoms with Gasteiger partial charge in [-0.2, -0.15) is 0 Å². The summed E-state index contributed by atoms with van der Waals surface area (Å²) in [7, 11) is 1.33. The highest BCUT2D eigenvalue weighted by Crippen LogP contribution is 1.97. The van der Waals surface area contributed by atoms with Gasteiger partial charge >= 0.3 is 17.9 Å². The van der Waals surface area contributed by atoms with Crippen molar-refractivity contribution in [3.63, 3.8) is 0 Å². The third-order valence-corrected chi connectivity index (χ3v) is 2.62. The minimum atomic E-state index is -0.710. The number of allylic oxidation sites excluding steroid dienone is 2. The smallest absolute Gasteiger partial charge is 0.340 e. The van der Waals surface area contributed by atoms with Crippen molar-refractivity contribution in [1.29, 1.82) is 0 Å². The number of methoxy groups -OCH3 is 1. The van der Waals surface area contributed by atoms with Crippen molar-refractivity contribution in [3.05, 3.63) is 60.8 Å². The molecule has 32 heavy (non-hydrogen) atoms.